The molecule has 3 nitrogen and oxygen atoms in total. The van der Waals surface area contributed by atoms with Gasteiger partial charge in [0.15, 0.2) is 0 Å². The van der Waals surface area contributed by atoms with Gasteiger partial charge in [0.25, 0.3) is 0 Å². The van der Waals surface area contributed by atoms with E-state index in [0.29, 0.717) is 29.8 Å². The second-order valence-corrected chi connectivity index (χ2v) is 4.40. The molecule has 0 saturated carbocycles. The van der Waals surface area contributed by atoms with Crippen molar-refractivity contribution in [1.29, 1.82) is 0 Å². The van der Waals surface area contributed by atoms with Crippen molar-refractivity contribution in [2.75, 3.05) is 13.2 Å². The minimum absolute atomic E-state index is 0.260. The zero-order chi connectivity index (χ0) is 13.5. The van der Waals surface area contributed by atoms with E-state index in [9.17, 15) is 0 Å². The fourth-order valence-corrected chi connectivity index (χ4v) is 1.91. The van der Waals surface area contributed by atoms with E-state index in [2.05, 4.69) is 4.98 Å². The van der Waals surface area contributed by atoms with Gasteiger partial charge in [-0.2, -0.15) is 0 Å². The average Bonchev–Trinajstić information content (AvgIpc) is 2.46. The van der Waals surface area contributed by atoms with E-state index < -0.39 is 0 Å². The van der Waals surface area contributed by atoms with Gasteiger partial charge in [0.05, 0.1) is 16.6 Å². The van der Waals surface area contributed by atoms with E-state index >= 15 is 0 Å². The van der Waals surface area contributed by atoms with Gasteiger partial charge in [0.1, 0.15) is 19.0 Å². The molecule has 1 aromatic heterocycles. The van der Waals surface area contributed by atoms with Crippen LogP contribution in [0.3, 0.4) is 0 Å². The van der Waals surface area contributed by atoms with E-state index in [-0.39, 0.29) is 5.88 Å². The van der Waals surface area contributed by atoms with Crippen molar-refractivity contribution in [3.8, 4) is 11.6 Å². The predicted molar refractivity (Wildman–Crippen MR) is 76.2 cm³/mol. The van der Waals surface area contributed by atoms with Crippen molar-refractivity contribution in [2.24, 2.45) is 0 Å². The summed E-state index contributed by atoms with van der Waals surface area (Å²) in [6.45, 7) is 0.857. The summed E-state index contributed by atoms with van der Waals surface area (Å²) in [4.78, 5) is 4.19. The first-order valence-corrected chi connectivity index (χ1v) is 6.73. The summed E-state index contributed by atoms with van der Waals surface area (Å²) < 4.78 is 11.0. The lowest BCUT2D eigenvalue weighted by molar-refractivity contribution is 0.211. The number of pyridine rings is 1. The number of benzene rings is 1. The fourth-order valence-electron chi connectivity index (χ4n) is 1.46. The summed E-state index contributed by atoms with van der Waals surface area (Å²) in [7, 11) is 0. The molecule has 0 aliphatic heterocycles. The number of hydrogen-bond donors (Lipinski definition) is 0. The number of ether oxygens (including phenoxy) is 2. The van der Waals surface area contributed by atoms with Crippen LogP contribution in [0.1, 0.15) is 5.69 Å². The van der Waals surface area contributed by atoms with Gasteiger partial charge in [0.2, 0.25) is 5.88 Å². The molecule has 0 N–H and O–H groups in total. The lowest BCUT2D eigenvalue weighted by Crippen LogP contribution is -2.10. The third-order valence-corrected chi connectivity index (χ3v) is 2.96. The van der Waals surface area contributed by atoms with Crippen LogP contribution in [0.15, 0.2) is 42.5 Å². The maximum absolute atomic E-state index is 5.91. The summed E-state index contributed by atoms with van der Waals surface area (Å²) in [6.07, 6.45) is 0. The Kier molecular flexibility index (Phi) is 5.31. The van der Waals surface area contributed by atoms with Crippen LogP contribution in [-0.4, -0.2) is 18.2 Å². The second-order valence-electron chi connectivity index (χ2n) is 3.72. The predicted octanol–water partition coefficient (Wildman–Crippen LogP) is 3.93. The van der Waals surface area contributed by atoms with Gasteiger partial charge < -0.3 is 9.47 Å². The maximum atomic E-state index is 5.91. The molecule has 2 aromatic rings. The molecule has 5 heteroatoms. The highest BCUT2D eigenvalue weighted by Crippen LogP contribution is 2.19. The van der Waals surface area contributed by atoms with Crippen molar-refractivity contribution in [1.82, 2.24) is 4.98 Å². The standard InChI is InChI=1S/C14H13Cl2NO2/c15-10-13-12(16)6-7-14(17-13)19-9-8-18-11-4-2-1-3-5-11/h1-7H,8-10H2. The zero-order valence-corrected chi connectivity index (χ0v) is 11.7. The van der Waals surface area contributed by atoms with Crippen LogP contribution in [0.5, 0.6) is 11.6 Å². The fraction of sp³-hybridized carbons (Fsp3) is 0.214. The van der Waals surface area contributed by atoms with Crippen LogP contribution in [0, 0.1) is 0 Å². The molecule has 0 unspecified atom stereocenters. The van der Waals surface area contributed by atoms with Gasteiger partial charge in [-0.1, -0.05) is 29.8 Å². The Morgan fingerprint density at radius 3 is 2.42 bits per heavy atom. The first-order chi connectivity index (χ1) is 9.29. The van der Waals surface area contributed by atoms with Crippen molar-refractivity contribution in [2.45, 2.75) is 5.88 Å². The number of nitrogens with zero attached hydrogens (tertiary/aromatic N) is 1. The Balaban J connectivity index is 1.80. The summed E-state index contributed by atoms with van der Waals surface area (Å²) >= 11 is 11.6. The van der Waals surface area contributed by atoms with Gasteiger partial charge in [-0.15, -0.1) is 11.6 Å². The van der Waals surface area contributed by atoms with E-state index in [4.69, 9.17) is 32.7 Å². The molecule has 0 spiro atoms. The smallest absolute Gasteiger partial charge is 0.213 e. The molecule has 2 rings (SSSR count). The molecular weight excluding hydrogens is 285 g/mol. The van der Waals surface area contributed by atoms with Crippen LogP contribution >= 0.6 is 23.2 Å². The van der Waals surface area contributed by atoms with Crippen LogP contribution in [0.4, 0.5) is 0 Å². The molecule has 0 fully saturated rings. The molecule has 0 bridgehead atoms. The van der Waals surface area contributed by atoms with Crippen molar-refractivity contribution < 1.29 is 9.47 Å². The van der Waals surface area contributed by atoms with Crippen molar-refractivity contribution in [3.05, 3.63) is 53.2 Å². The lowest BCUT2D eigenvalue weighted by Gasteiger charge is -2.08. The molecule has 0 atom stereocenters. The molecule has 100 valence electrons. The number of rotatable bonds is 6. The summed E-state index contributed by atoms with van der Waals surface area (Å²) in [5.41, 5.74) is 0.616. The van der Waals surface area contributed by atoms with Crippen LogP contribution < -0.4 is 9.47 Å². The molecule has 1 heterocycles. The number of halogens is 2. The monoisotopic (exact) mass is 297 g/mol. The molecule has 0 aliphatic carbocycles. The normalized spacial score (nSPS) is 10.2. The van der Waals surface area contributed by atoms with Crippen LogP contribution in [-0.2, 0) is 5.88 Å². The topological polar surface area (TPSA) is 31.4 Å². The summed E-state index contributed by atoms with van der Waals surface area (Å²) in [6, 6.07) is 13.0. The van der Waals surface area contributed by atoms with E-state index in [1.807, 2.05) is 30.3 Å². The molecule has 0 saturated heterocycles. The SMILES string of the molecule is ClCc1nc(OCCOc2ccccc2)ccc1Cl. The minimum atomic E-state index is 0.260. The highest BCUT2D eigenvalue weighted by Gasteiger charge is 2.03. The third kappa shape index (κ3) is 4.30. The Labute approximate surface area is 122 Å². The van der Waals surface area contributed by atoms with E-state index in [1.165, 1.54) is 0 Å². The Morgan fingerprint density at radius 1 is 0.947 bits per heavy atom. The van der Waals surface area contributed by atoms with Gasteiger partial charge in [-0.25, -0.2) is 4.98 Å². The van der Waals surface area contributed by atoms with E-state index in [0.717, 1.165) is 5.75 Å². The molecule has 0 aliphatic rings. The average molecular weight is 298 g/mol. The highest BCUT2D eigenvalue weighted by atomic mass is 35.5. The van der Waals surface area contributed by atoms with Crippen LogP contribution in [0.25, 0.3) is 0 Å². The van der Waals surface area contributed by atoms with Gasteiger partial charge in [-0.3, -0.25) is 0 Å². The Morgan fingerprint density at radius 2 is 1.68 bits per heavy atom. The zero-order valence-electron chi connectivity index (χ0n) is 10.2. The number of alkyl halides is 1. The highest BCUT2D eigenvalue weighted by molar-refractivity contribution is 6.32. The third-order valence-electron chi connectivity index (χ3n) is 2.36. The quantitative estimate of drug-likeness (QED) is 0.598. The summed E-state index contributed by atoms with van der Waals surface area (Å²) in [5, 5.41) is 0.544. The van der Waals surface area contributed by atoms with Crippen LogP contribution in [0.2, 0.25) is 5.02 Å². The van der Waals surface area contributed by atoms with E-state index in [1.54, 1.807) is 12.1 Å². The molecule has 1 aromatic carbocycles. The number of para-hydroxylation sites is 1. The minimum Gasteiger partial charge on any atom is -0.490 e. The van der Waals surface area contributed by atoms with Crippen molar-refractivity contribution in [3.63, 3.8) is 0 Å². The van der Waals surface area contributed by atoms with Gasteiger partial charge in [-0.05, 0) is 18.2 Å². The second kappa shape index (κ2) is 7.22. The molecular formula is C14H13Cl2NO2. The largest absolute Gasteiger partial charge is 0.490 e. The maximum Gasteiger partial charge on any atom is 0.213 e. The molecule has 0 amide bonds. The Hall–Kier alpha value is -1.45. The Bertz CT molecular complexity index is 520. The summed E-state index contributed by atoms with van der Waals surface area (Å²) in [5.74, 6) is 1.57. The first kappa shape index (κ1) is 14.0. The number of hydrogen-bond acceptors (Lipinski definition) is 3. The number of aromatic nitrogens is 1. The van der Waals surface area contributed by atoms with Gasteiger partial charge >= 0.3 is 0 Å². The van der Waals surface area contributed by atoms with Gasteiger partial charge in [0, 0.05) is 6.07 Å². The molecule has 0 radical (unpaired) electrons. The first-order valence-electron chi connectivity index (χ1n) is 5.81. The molecule has 19 heavy (non-hydrogen) atoms. The van der Waals surface area contributed by atoms with Crippen molar-refractivity contribution >= 4 is 23.2 Å². The lowest BCUT2D eigenvalue weighted by atomic mass is 10.3.